The predicted molar refractivity (Wildman–Crippen MR) is 61.7 cm³/mol. The normalized spacial score (nSPS) is 12.0. The number of halogens is 2. The summed E-state index contributed by atoms with van der Waals surface area (Å²) in [5.74, 6) is -5.09. The first-order chi connectivity index (χ1) is 8.31. The molecular weight excluding hydrogens is 242 g/mol. The van der Waals surface area contributed by atoms with Gasteiger partial charge in [-0.3, -0.25) is 0 Å². The Morgan fingerprint density at radius 1 is 1.50 bits per heavy atom. The van der Waals surface area contributed by atoms with Crippen molar-refractivity contribution in [1.82, 2.24) is 9.55 Å². The molecule has 0 atom stereocenters. The minimum atomic E-state index is -3.75. The van der Waals surface area contributed by atoms with Crippen LogP contribution in [-0.4, -0.2) is 26.5 Å². The molecule has 1 N–H and O–H groups in total. The lowest BCUT2D eigenvalue weighted by molar-refractivity contribution is -0.164. The minimum Gasteiger partial charge on any atom is -0.477 e. The summed E-state index contributed by atoms with van der Waals surface area (Å²) in [5.41, 5.74) is 1.68. The molecule has 2 rings (SSSR count). The van der Waals surface area contributed by atoms with E-state index in [2.05, 4.69) is 4.98 Å². The molecule has 0 unspecified atom stereocenters. The van der Waals surface area contributed by atoms with Gasteiger partial charge in [0.15, 0.2) is 0 Å². The number of aliphatic carboxylic acids is 1. The lowest BCUT2D eigenvalue weighted by Crippen LogP contribution is -2.30. The lowest BCUT2D eigenvalue weighted by Gasteiger charge is -2.10. The van der Waals surface area contributed by atoms with Gasteiger partial charge in [-0.25, -0.2) is 9.78 Å². The highest BCUT2D eigenvalue weighted by molar-refractivity contribution is 5.78. The van der Waals surface area contributed by atoms with Crippen molar-refractivity contribution >= 4 is 17.0 Å². The first-order valence-corrected chi connectivity index (χ1v) is 5.34. The van der Waals surface area contributed by atoms with E-state index >= 15 is 0 Å². The fraction of sp³-hybridized carbons (Fsp3) is 0.333. The molecule has 0 fully saturated rings. The number of carbonyl (C=O) groups is 1. The van der Waals surface area contributed by atoms with Gasteiger partial charge in [0.05, 0.1) is 11.0 Å². The number of aryl methyl sites for hydroxylation is 2. The maximum Gasteiger partial charge on any atom is 0.374 e. The number of aromatic nitrogens is 2. The van der Waals surface area contributed by atoms with E-state index in [1.807, 2.05) is 18.5 Å². The van der Waals surface area contributed by atoms with E-state index in [4.69, 9.17) is 5.11 Å². The summed E-state index contributed by atoms with van der Waals surface area (Å²) in [7, 11) is 1.83. The van der Waals surface area contributed by atoms with Crippen LogP contribution in [0, 0.1) is 6.92 Å². The molecule has 0 bridgehead atoms. The molecule has 0 spiro atoms. The van der Waals surface area contributed by atoms with Crippen molar-refractivity contribution in [1.29, 1.82) is 0 Å². The lowest BCUT2D eigenvalue weighted by atomic mass is 10.1. The van der Waals surface area contributed by atoms with Crippen molar-refractivity contribution in [3.8, 4) is 0 Å². The molecule has 96 valence electrons. The summed E-state index contributed by atoms with van der Waals surface area (Å²) >= 11 is 0. The van der Waals surface area contributed by atoms with Crippen molar-refractivity contribution in [2.45, 2.75) is 19.3 Å². The zero-order valence-corrected chi connectivity index (χ0v) is 9.94. The SMILES string of the molecule is Cc1nc2cc(CC(F)(F)C(=O)O)ccc2n1C. The number of imidazole rings is 1. The van der Waals surface area contributed by atoms with Gasteiger partial charge in [0.2, 0.25) is 0 Å². The van der Waals surface area contributed by atoms with Gasteiger partial charge in [0, 0.05) is 13.5 Å². The second kappa shape index (κ2) is 4.04. The fourth-order valence-electron chi connectivity index (χ4n) is 1.81. The largest absolute Gasteiger partial charge is 0.477 e. The number of carboxylic acid groups (broad SMARTS) is 1. The molecule has 0 saturated heterocycles. The van der Waals surface area contributed by atoms with Gasteiger partial charge < -0.3 is 9.67 Å². The molecule has 1 aromatic heterocycles. The van der Waals surface area contributed by atoms with Crippen LogP contribution in [0.4, 0.5) is 8.78 Å². The van der Waals surface area contributed by atoms with Crippen LogP contribution in [0.1, 0.15) is 11.4 Å². The van der Waals surface area contributed by atoms with Crippen LogP contribution >= 0.6 is 0 Å². The Morgan fingerprint density at radius 3 is 2.78 bits per heavy atom. The Kier molecular flexibility index (Phi) is 2.80. The maximum absolute atomic E-state index is 13.1. The molecule has 2 aromatic rings. The summed E-state index contributed by atoms with van der Waals surface area (Å²) < 4.78 is 28.0. The van der Waals surface area contributed by atoms with Crippen LogP contribution < -0.4 is 0 Å². The number of hydrogen-bond acceptors (Lipinski definition) is 2. The Labute approximate surface area is 102 Å². The van der Waals surface area contributed by atoms with Gasteiger partial charge in [0.1, 0.15) is 5.82 Å². The first kappa shape index (κ1) is 12.5. The topological polar surface area (TPSA) is 55.1 Å². The maximum atomic E-state index is 13.1. The van der Waals surface area contributed by atoms with Crippen molar-refractivity contribution in [2.24, 2.45) is 7.05 Å². The highest BCUT2D eigenvalue weighted by Crippen LogP contribution is 2.23. The Hall–Kier alpha value is -1.98. The van der Waals surface area contributed by atoms with E-state index < -0.39 is 18.3 Å². The molecule has 1 aromatic carbocycles. The van der Waals surface area contributed by atoms with Gasteiger partial charge in [-0.15, -0.1) is 0 Å². The van der Waals surface area contributed by atoms with E-state index in [1.54, 1.807) is 6.07 Å². The zero-order chi connectivity index (χ0) is 13.5. The fourth-order valence-corrected chi connectivity index (χ4v) is 1.81. The average Bonchev–Trinajstić information content (AvgIpc) is 2.53. The predicted octanol–water partition coefficient (Wildman–Crippen LogP) is 2.14. The Balaban J connectivity index is 2.39. The van der Waals surface area contributed by atoms with Crippen molar-refractivity contribution in [3.05, 3.63) is 29.6 Å². The zero-order valence-electron chi connectivity index (χ0n) is 9.94. The number of alkyl halides is 2. The van der Waals surface area contributed by atoms with Gasteiger partial charge >= 0.3 is 11.9 Å². The summed E-state index contributed by atoms with van der Waals surface area (Å²) in [6.45, 7) is 1.81. The van der Waals surface area contributed by atoms with Crippen molar-refractivity contribution < 1.29 is 18.7 Å². The summed E-state index contributed by atoms with van der Waals surface area (Å²) in [6.07, 6.45) is -0.826. The van der Waals surface area contributed by atoms with Crippen LogP contribution in [0.5, 0.6) is 0 Å². The molecule has 18 heavy (non-hydrogen) atoms. The van der Waals surface area contributed by atoms with E-state index in [1.165, 1.54) is 12.1 Å². The Bertz CT molecular complexity index is 620. The number of rotatable bonds is 3. The summed E-state index contributed by atoms with van der Waals surface area (Å²) in [4.78, 5) is 14.6. The van der Waals surface area contributed by atoms with Gasteiger partial charge in [0.25, 0.3) is 0 Å². The van der Waals surface area contributed by atoms with Crippen molar-refractivity contribution in [3.63, 3.8) is 0 Å². The molecule has 4 nitrogen and oxygen atoms in total. The number of nitrogens with zero attached hydrogens (tertiary/aromatic N) is 2. The quantitative estimate of drug-likeness (QED) is 0.913. The van der Waals surface area contributed by atoms with Gasteiger partial charge in [-0.2, -0.15) is 8.78 Å². The third kappa shape index (κ3) is 2.05. The monoisotopic (exact) mass is 254 g/mol. The van der Waals surface area contributed by atoms with Crippen molar-refractivity contribution in [2.75, 3.05) is 0 Å². The highest BCUT2D eigenvalue weighted by Gasteiger charge is 2.38. The average molecular weight is 254 g/mol. The van der Waals surface area contributed by atoms with Crippen LogP contribution in [0.25, 0.3) is 11.0 Å². The van der Waals surface area contributed by atoms with E-state index in [0.29, 0.717) is 5.52 Å². The van der Waals surface area contributed by atoms with Crippen LogP contribution in [0.3, 0.4) is 0 Å². The first-order valence-electron chi connectivity index (χ1n) is 5.34. The highest BCUT2D eigenvalue weighted by atomic mass is 19.3. The van der Waals surface area contributed by atoms with E-state index in [0.717, 1.165) is 11.3 Å². The van der Waals surface area contributed by atoms with Crippen LogP contribution in [0.2, 0.25) is 0 Å². The van der Waals surface area contributed by atoms with E-state index in [-0.39, 0.29) is 5.56 Å². The molecule has 0 amide bonds. The molecule has 0 saturated carbocycles. The molecule has 0 aliphatic heterocycles. The molecular formula is C12H12F2N2O2. The van der Waals surface area contributed by atoms with E-state index in [9.17, 15) is 13.6 Å². The number of fused-ring (bicyclic) bond motifs is 1. The third-order valence-corrected chi connectivity index (χ3v) is 2.91. The molecule has 0 radical (unpaired) electrons. The minimum absolute atomic E-state index is 0.257. The molecule has 1 heterocycles. The van der Waals surface area contributed by atoms with Crippen LogP contribution in [0.15, 0.2) is 18.2 Å². The third-order valence-electron chi connectivity index (χ3n) is 2.91. The van der Waals surface area contributed by atoms with Gasteiger partial charge in [-0.05, 0) is 24.6 Å². The summed E-state index contributed by atoms with van der Waals surface area (Å²) in [6, 6.07) is 4.67. The molecule has 0 aliphatic rings. The van der Waals surface area contributed by atoms with Gasteiger partial charge in [-0.1, -0.05) is 6.07 Å². The van der Waals surface area contributed by atoms with Crippen LogP contribution in [-0.2, 0) is 18.3 Å². The Morgan fingerprint density at radius 2 is 2.17 bits per heavy atom. The second-order valence-electron chi connectivity index (χ2n) is 4.23. The number of benzene rings is 1. The second-order valence-corrected chi connectivity index (χ2v) is 4.23. The standard InChI is InChI=1S/C12H12F2N2O2/c1-7-15-9-5-8(3-4-10(9)16(7)2)6-12(13,14)11(17)18/h3-5H,6H2,1-2H3,(H,17,18). The number of carboxylic acids is 1. The smallest absolute Gasteiger partial charge is 0.374 e. The molecule has 6 heteroatoms. The number of hydrogen-bond donors (Lipinski definition) is 1. The molecule has 0 aliphatic carbocycles. The summed E-state index contributed by atoms with van der Waals surface area (Å²) in [5, 5.41) is 8.39.